The molecule has 0 aliphatic carbocycles. The Kier molecular flexibility index (Phi) is 3.70. The highest BCUT2D eigenvalue weighted by molar-refractivity contribution is 7.90. The van der Waals surface area contributed by atoms with E-state index in [9.17, 15) is 13.2 Å². The second-order valence-corrected chi connectivity index (χ2v) is 5.64. The summed E-state index contributed by atoms with van der Waals surface area (Å²) in [6, 6.07) is 5.08. The van der Waals surface area contributed by atoms with E-state index in [1.54, 1.807) is 18.2 Å². The summed E-state index contributed by atoms with van der Waals surface area (Å²) in [7, 11) is -3.49. The van der Waals surface area contributed by atoms with Crippen LogP contribution in [-0.2, 0) is 10.0 Å². The summed E-state index contributed by atoms with van der Waals surface area (Å²) in [6.07, 6.45) is 0. The number of rotatable bonds is 3. The van der Waals surface area contributed by atoms with Gasteiger partial charge in [-0.05, 0) is 44.0 Å². The van der Waals surface area contributed by atoms with Crippen molar-refractivity contribution in [2.45, 2.75) is 20.8 Å². The average Bonchev–Trinajstić information content (AvgIpc) is 2.21. The average molecular weight is 241 g/mol. The fourth-order valence-corrected chi connectivity index (χ4v) is 1.70. The second kappa shape index (κ2) is 4.65. The fraction of sp³-hybridized carbons (Fsp3) is 0.364. The first-order chi connectivity index (χ1) is 7.35. The van der Waals surface area contributed by atoms with E-state index in [0.717, 1.165) is 11.1 Å². The van der Waals surface area contributed by atoms with Crippen LogP contribution >= 0.6 is 0 Å². The molecule has 1 rings (SSSR count). The van der Waals surface area contributed by atoms with Crippen molar-refractivity contribution < 1.29 is 13.2 Å². The molecule has 0 spiro atoms. The lowest BCUT2D eigenvalue weighted by Crippen LogP contribution is -2.31. The van der Waals surface area contributed by atoms with Gasteiger partial charge in [0.25, 0.3) is 5.91 Å². The highest BCUT2D eigenvalue weighted by atomic mass is 32.2. The van der Waals surface area contributed by atoms with Crippen LogP contribution in [0, 0.1) is 13.8 Å². The summed E-state index contributed by atoms with van der Waals surface area (Å²) < 4.78 is 24.4. The van der Waals surface area contributed by atoms with Gasteiger partial charge >= 0.3 is 0 Å². The molecule has 1 amide bonds. The molecule has 0 aromatic heterocycles. The van der Waals surface area contributed by atoms with Crippen molar-refractivity contribution in [3.8, 4) is 0 Å². The Bertz CT molecular complexity index is 506. The third-order valence-electron chi connectivity index (χ3n) is 2.40. The monoisotopic (exact) mass is 241 g/mol. The molecule has 1 N–H and O–H groups in total. The van der Waals surface area contributed by atoms with Crippen LogP contribution < -0.4 is 4.72 Å². The first kappa shape index (κ1) is 12.7. The lowest BCUT2D eigenvalue weighted by atomic mass is 10.1. The molecule has 4 nitrogen and oxygen atoms in total. The standard InChI is InChI=1S/C11H15NO3S/c1-4-16(14,15)12-11(13)10-6-5-8(2)9(3)7-10/h5-7H,4H2,1-3H3,(H,12,13). The summed E-state index contributed by atoms with van der Waals surface area (Å²) in [5, 5.41) is 0. The van der Waals surface area contributed by atoms with E-state index >= 15 is 0 Å². The zero-order valence-electron chi connectivity index (χ0n) is 9.57. The van der Waals surface area contributed by atoms with Crippen LogP contribution in [0.1, 0.15) is 28.4 Å². The summed E-state index contributed by atoms with van der Waals surface area (Å²) >= 11 is 0. The number of nitrogens with one attached hydrogen (secondary N) is 1. The summed E-state index contributed by atoms with van der Waals surface area (Å²) in [4.78, 5) is 11.6. The molecular formula is C11H15NO3S. The second-order valence-electron chi connectivity index (χ2n) is 3.63. The molecular weight excluding hydrogens is 226 g/mol. The van der Waals surface area contributed by atoms with Crippen molar-refractivity contribution >= 4 is 15.9 Å². The predicted octanol–water partition coefficient (Wildman–Crippen LogP) is 1.38. The molecule has 5 heteroatoms. The molecule has 1 aromatic carbocycles. The van der Waals surface area contributed by atoms with Gasteiger partial charge in [-0.2, -0.15) is 0 Å². The lowest BCUT2D eigenvalue weighted by Gasteiger charge is -2.06. The Morgan fingerprint density at radius 1 is 1.25 bits per heavy atom. The number of hydrogen-bond donors (Lipinski definition) is 1. The number of carbonyl (C=O) groups excluding carboxylic acids is 1. The zero-order chi connectivity index (χ0) is 12.3. The minimum Gasteiger partial charge on any atom is -0.268 e. The van der Waals surface area contributed by atoms with Gasteiger partial charge in [0.05, 0.1) is 5.75 Å². The van der Waals surface area contributed by atoms with Crippen LogP contribution in [0.25, 0.3) is 0 Å². The quantitative estimate of drug-likeness (QED) is 0.869. The topological polar surface area (TPSA) is 63.2 Å². The Morgan fingerprint density at radius 2 is 1.88 bits per heavy atom. The van der Waals surface area contributed by atoms with E-state index in [1.807, 2.05) is 18.6 Å². The number of hydrogen-bond acceptors (Lipinski definition) is 3. The minimum atomic E-state index is -3.49. The maximum Gasteiger partial charge on any atom is 0.264 e. The normalized spacial score (nSPS) is 11.2. The van der Waals surface area contributed by atoms with E-state index in [0.29, 0.717) is 5.56 Å². The Balaban J connectivity index is 2.94. The van der Waals surface area contributed by atoms with Crippen LogP contribution in [0.3, 0.4) is 0 Å². The Morgan fingerprint density at radius 3 is 2.38 bits per heavy atom. The molecule has 0 radical (unpaired) electrons. The Labute approximate surface area is 95.7 Å². The number of amides is 1. The molecule has 16 heavy (non-hydrogen) atoms. The largest absolute Gasteiger partial charge is 0.268 e. The van der Waals surface area contributed by atoms with Crippen LogP contribution in [-0.4, -0.2) is 20.1 Å². The van der Waals surface area contributed by atoms with E-state index in [-0.39, 0.29) is 5.75 Å². The predicted molar refractivity (Wildman–Crippen MR) is 62.8 cm³/mol. The van der Waals surface area contributed by atoms with Gasteiger partial charge in [-0.1, -0.05) is 6.07 Å². The lowest BCUT2D eigenvalue weighted by molar-refractivity contribution is 0.0981. The van der Waals surface area contributed by atoms with Crippen LogP contribution in [0.4, 0.5) is 0 Å². The number of benzene rings is 1. The molecule has 0 bridgehead atoms. The number of sulfonamides is 1. The van der Waals surface area contributed by atoms with Gasteiger partial charge in [-0.25, -0.2) is 13.1 Å². The first-order valence-electron chi connectivity index (χ1n) is 4.98. The molecule has 88 valence electrons. The summed E-state index contributed by atoms with van der Waals surface area (Å²) in [6.45, 7) is 5.29. The summed E-state index contributed by atoms with van der Waals surface area (Å²) in [5.41, 5.74) is 2.39. The fourth-order valence-electron chi connectivity index (χ4n) is 1.15. The highest BCUT2D eigenvalue weighted by Crippen LogP contribution is 2.09. The van der Waals surface area contributed by atoms with E-state index in [2.05, 4.69) is 0 Å². The van der Waals surface area contributed by atoms with E-state index in [4.69, 9.17) is 0 Å². The SMILES string of the molecule is CCS(=O)(=O)NC(=O)c1ccc(C)c(C)c1. The third kappa shape index (κ3) is 3.06. The van der Waals surface area contributed by atoms with E-state index < -0.39 is 15.9 Å². The van der Waals surface area contributed by atoms with E-state index in [1.165, 1.54) is 6.92 Å². The van der Waals surface area contributed by atoms with Crippen molar-refractivity contribution in [2.75, 3.05) is 5.75 Å². The smallest absolute Gasteiger partial charge is 0.264 e. The number of carbonyl (C=O) groups is 1. The van der Waals surface area contributed by atoms with Gasteiger partial charge in [0.1, 0.15) is 0 Å². The molecule has 0 heterocycles. The highest BCUT2D eigenvalue weighted by Gasteiger charge is 2.13. The zero-order valence-corrected chi connectivity index (χ0v) is 10.4. The van der Waals surface area contributed by atoms with Gasteiger partial charge in [-0.3, -0.25) is 4.79 Å². The first-order valence-corrected chi connectivity index (χ1v) is 6.63. The van der Waals surface area contributed by atoms with Crippen molar-refractivity contribution in [2.24, 2.45) is 0 Å². The van der Waals surface area contributed by atoms with Crippen LogP contribution in [0.2, 0.25) is 0 Å². The molecule has 0 aliphatic rings. The van der Waals surface area contributed by atoms with Crippen LogP contribution in [0.5, 0.6) is 0 Å². The van der Waals surface area contributed by atoms with Crippen molar-refractivity contribution in [3.63, 3.8) is 0 Å². The van der Waals surface area contributed by atoms with Crippen LogP contribution in [0.15, 0.2) is 18.2 Å². The minimum absolute atomic E-state index is 0.108. The summed E-state index contributed by atoms with van der Waals surface area (Å²) in [5.74, 6) is -0.686. The molecule has 0 fully saturated rings. The van der Waals surface area contributed by atoms with Gasteiger partial charge in [0.2, 0.25) is 10.0 Å². The molecule has 0 unspecified atom stereocenters. The number of aryl methyl sites for hydroxylation is 2. The maximum atomic E-state index is 11.6. The van der Waals surface area contributed by atoms with Crippen molar-refractivity contribution in [3.05, 3.63) is 34.9 Å². The van der Waals surface area contributed by atoms with Gasteiger partial charge in [0, 0.05) is 5.56 Å². The van der Waals surface area contributed by atoms with Crippen molar-refractivity contribution in [1.29, 1.82) is 0 Å². The van der Waals surface area contributed by atoms with Gasteiger partial charge in [0.15, 0.2) is 0 Å². The molecule has 0 saturated heterocycles. The molecule has 0 atom stereocenters. The third-order valence-corrected chi connectivity index (χ3v) is 3.65. The van der Waals surface area contributed by atoms with Gasteiger partial charge in [-0.15, -0.1) is 0 Å². The maximum absolute atomic E-state index is 11.6. The molecule has 0 aliphatic heterocycles. The van der Waals surface area contributed by atoms with Crippen molar-refractivity contribution in [1.82, 2.24) is 4.72 Å². The molecule has 0 saturated carbocycles. The van der Waals surface area contributed by atoms with Gasteiger partial charge < -0.3 is 0 Å². The Hall–Kier alpha value is -1.36. The molecule has 1 aromatic rings.